The van der Waals surface area contributed by atoms with Gasteiger partial charge in [0.15, 0.2) is 5.96 Å². The number of guanidine groups is 1. The maximum absolute atomic E-state index is 11.9. The Kier molecular flexibility index (Phi) is 8.75. The summed E-state index contributed by atoms with van der Waals surface area (Å²) in [6, 6.07) is 7.51. The van der Waals surface area contributed by atoms with Crippen molar-refractivity contribution in [2.24, 2.45) is 10.7 Å². The Labute approximate surface area is 138 Å². The summed E-state index contributed by atoms with van der Waals surface area (Å²) in [6.07, 6.45) is 2.06. The number of methoxy groups -OCH3 is 1. The Morgan fingerprint density at radius 3 is 2.65 bits per heavy atom. The van der Waals surface area contributed by atoms with Crippen LogP contribution >= 0.6 is 0 Å². The maximum Gasteiger partial charge on any atom is 0.251 e. The van der Waals surface area contributed by atoms with Gasteiger partial charge in [-0.05, 0) is 31.0 Å². The zero-order chi connectivity index (χ0) is 17.1. The molecule has 0 saturated heterocycles. The maximum atomic E-state index is 11.9. The first kappa shape index (κ1) is 19.0. The van der Waals surface area contributed by atoms with E-state index < -0.39 is 0 Å². The summed E-state index contributed by atoms with van der Waals surface area (Å²) in [5.74, 6) is 0.346. The number of amides is 1. The number of benzene rings is 1. The van der Waals surface area contributed by atoms with Gasteiger partial charge in [-0.1, -0.05) is 25.5 Å². The highest BCUT2D eigenvalue weighted by molar-refractivity contribution is 5.94. The number of hydrogen-bond acceptors (Lipinski definition) is 3. The van der Waals surface area contributed by atoms with Crippen molar-refractivity contribution in [1.82, 2.24) is 10.6 Å². The quantitative estimate of drug-likeness (QED) is 0.367. The van der Waals surface area contributed by atoms with Crippen LogP contribution in [0.2, 0.25) is 0 Å². The van der Waals surface area contributed by atoms with Crippen molar-refractivity contribution in [2.75, 3.05) is 20.3 Å². The summed E-state index contributed by atoms with van der Waals surface area (Å²) in [6.45, 7) is 5.81. The highest BCUT2D eigenvalue weighted by Crippen LogP contribution is 2.06. The largest absolute Gasteiger partial charge is 0.383 e. The molecule has 6 nitrogen and oxygen atoms in total. The van der Waals surface area contributed by atoms with E-state index >= 15 is 0 Å². The molecular weight excluding hydrogens is 292 g/mol. The topological polar surface area (TPSA) is 88.7 Å². The highest BCUT2D eigenvalue weighted by Gasteiger charge is 2.05. The van der Waals surface area contributed by atoms with Crippen LogP contribution < -0.4 is 16.4 Å². The van der Waals surface area contributed by atoms with Crippen LogP contribution in [0.25, 0.3) is 0 Å². The molecule has 1 aromatic carbocycles. The molecule has 128 valence electrons. The molecule has 1 rings (SSSR count). The van der Waals surface area contributed by atoms with E-state index in [-0.39, 0.29) is 11.9 Å². The van der Waals surface area contributed by atoms with E-state index in [9.17, 15) is 4.79 Å². The molecule has 0 aliphatic rings. The fraction of sp³-hybridized carbons (Fsp3) is 0.529. The zero-order valence-corrected chi connectivity index (χ0v) is 14.3. The minimum atomic E-state index is -0.0388. The lowest BCUT2D eigenvalue weighted by Gasteiger charge is -2.13. The third kappa shape index (κ3) is 7.65. The Balaban J connectivity index is 2.48. The minimum absolute atomic E-state index is 0.0388. The number of rotatable bonds is 9. The standard InChI is InChI=1S/C17H28N4O2/c1-4-5-10-19-16(22)15-8-6-14(7-9-15)11-20-17(18)21-13(2)12-23-3/h6-9,13H,4-5,10-12H2,1-3H3,(H,19,22)(H3,18,20,21). The van der Waals surface area contributed by atoms with Crippen molar-refractivity contribution < 1.29 is 9.53 Å². The molecule has 6 heteroatoms. The predicted octanol–water partition coefficient (Wildman–Crippen LogP) is 1.66. The number of ether oxygens (including phenoxy) is 1. The molecule has 23 heavy (non-hydrogen) atoms. The molecule has 1 aromatic rings. The first-order valence-electron chi connectivity index (χ1n) is 7.99. The third-order valence-corrected chi connectivity index (χ3v) is 3.27. The molecule has 0 radical (unpaired) electrons. The van der Waals surface area contributed by atoms with Crippen LogP contribution in [-0.4, -0.2) is 38.2 Å². The van der Waals surface area contributed by atoms with Gasteiger partial charge in [-0.25, -0.2) is 4.99 Å². The number of nitrogens with zero attached hydrogens (tertiary/aromatic N) is 1. The number of unbranched alkanes of at least 4 members (excludes halogenated alkanes) is 1. The molecule has 1 amide bonds. The average molecular weight is 320 g/mol. The second kappa shape index (κ2) is 10.6. The van der Waals surface area contributed by atoms with Crippen molar-refractivity contribution in [1.29, 1.82) is 0 Å². The highest BCUT2D eigenvalue weighted by atomic mass is 16.5. The number of aliphatic imine (C=N–C) groups is 1. The molecule has 0 aliphatic heterocycles. The summed E-state index contributed by atoms with van der Waals surface area (Å²) < 4.78 is 5.03. The second-order valence-corrected chi connectivity index (χ2v) is 5.51. The first-order chi connectivity index (χ1) is 11.1. The number of carbonyl (C=O) groups excluding carboxylic acids is 1. The Morgan fingerprint density at radius 1 is 1.35 bits per heavy atom. The van der Waals surface area contributed by atoms with E-state index in [0.717, 1.165) is 18.4 Å². The van der Waals surface area contributed by atoms with Crippen molar-refractivity contribution in [2.45, 2.75) is 39.3 Å². The molecular formula is C17H28N4O2. The minimum Gasteiger partial charge on any atom is -0.383 e. The summed E-state index contributed by atoms with van der Waals surface area (Å²) >= 11 is 0. The predicted molar refractivity (Wildman–Crippen MR) is 93.5 cm³/mol. The van der Waals surface area contributed by atoms with Crippen molar-refractivity contribution in [3.05, 3.63) is 35.4 Å². The van der Waals surface area contributed by atoms with Crippen LogP contribution in [0.5, 0.6) is 0 Å². The van der Waals surface area contributed by atoms with Gasteiger partial charge >= 0.3 is 0 Å². The summed E-state index contributed by atoms with van der Waals surface area (Å²) in [5.41, 5.74) is 7.48. The van der Waals surface area contributed by atoms with Gasteiger partial charge in [0.25, 0.3) is 5.91 Å². The van der Waals surface area contributed by atoms with E-state index in [1.165, 1.54) is 0 Å². The van der Waals surface area contributed by atoms with Gasteiger partial charge in [0.1, 0.15) is 0 Å². The Morgan fingerprint density at radius 2 is 2.04 bits per heavy atom. The van der Waals surface area contributed by atoms with Crippen LogP contribution in [0.15, 0.2) is 29.3 Å². The molecule has 1 unspecified atom stereocenters. The lowest BCUT2D eigenvalue weighted by atomic mass is 10.1. The monoisotopic (exact) mass is 320 g/mol. The van der Waals surface area contributed by atoms with Gasteiger partial charge < -0.3 is 21.1 Å². The normalized spacial score (nSPS) is 12.7. The number of carbonyl (C=O) groups is 1. The van der Waals surface area contributed by atoms with E-state index in [2.05, 4.69) is 22.5 Å². The molecule has 4 N–H and O–H groups in total. The van der Waals surface area contributed by atoms with E-state index in [1.54, 1.807) is 7.11 Å². The van der Waals surface area contributed by atoms with Crippen LogP contribution in [0.1, 0.15) is 42.6 Å². The van der Waals surface area contributed by atoms with E-state index in [1.807, 2.05) is 31.2 Å². The SMILES string of the molecule is CCCCNC(=O)c1ccc(CN=C(N)NC(C)COC)cc1. The van der Waals surface area contributed by atoms with Gasteiger partial charge in [0, 0.05) is 25.3 Å². The number of nitrogens with two attached hydrogens (primary N) is 1. The van der Waals surface area contributed by atoms with Gasteiger partial charge in [0.05, 0.1) is 13.2 Å². The lowest BCUT2D eigenvalue weighted by molar-refractivity contribution is 0.0953. The molecule has 0 bridgehead atoms. The van der Waals surface area contributed by atoms with E-state index in [4.69, 9.17) is 10.5 Å². The van der Waals surface area contributed by atoms with Gasteiger partial charge in [-0.3, -0.25) is 4.79 Å². The molecule has 0 spiro atoms. The fourth-order valence-corrected chi connectivity index (χ4v) is 2.01. The molecule has 0 fully saturated rings. The van der Waals surface area contributed by atoms with Crippen molar-refractivity contribution in [3.63, 3.8) is 0 Å². The van der Waals surface area contributed by atoms with Gasteiger partial charge in [0.2, 0.25) is 0 Å². The molecule has 0 aromatic heterocycles. The molecule has 0 heterocycles. The molecule has 0 saturated carbocycles. The Bertz CT molecular complexity index is 500. The summed E-state index contributed by atoms with van der Waals surface area (Å²) in [4.78, 5) is 16.2. The number of nitrogens with one attached hydrogen (secondary N) is 2. The second-order valence-electron chi connectivity index (χ2n) is 5.51. The van der Waals surface area contributed by atoms with Crippen molar-refractivity contribution in [3.8, 4) is 0 Å². The van der Waals surface area contributed by atoms with E-state index in [0.29, 0.717) is 31.2 Å². The third-order valence-electron chi connectivity index (χ3n) is 3.27. The lowest BCUT2D eigenvalue weighted by Crippen LogP contribution is -2.40. The van der Waals surface area contributed by atoms with Gasteiger partial charge in [-0.2, -0.15) is 0 Å². The Hall–Kier alpha value is -2.08. The zero-order valence-electron chi connectivity index (χ0n) is 14.3. The van der Waals surface area contributed by atoms with Crippen LogP contribution in [0.4, 0.5) is 0 Å². The van der Waals surface area contributed by atoms with Crippen LogP contribution in [0, 0.1) is 0 Å². The fourth-order valence-electron chi connectivity index (χ4n) is 2.01. The van der Waals surface area contributed by atoms with Crippen LogP contribution in [-0.2, 0) is 11.3 Å². The first-order valence-corrected chi connectivity index (χ1v) is 7.99. The van der Waals surface area contributed by atoms with Crippen LogP contribution in [0.3, 0.4) is 0 Å². The molecule has 1 atom stereocenters. The summed E-state index contributed by atoms with van der Waals surface area (Å²) in [5, 5.41) is 5.94. The van der Waals surface area contributed by atoms with Gasteiger partial charge in [-0.15, -0.1) is 0 Å². The molecule has 0 aliphatic carbocycles. The average Bonchev–Trinajstić information content (AvgIpc) is 2.53. The number of hydrogen-bond donors (Lipinski definition) is 3. The summed E-state index contributed by atoms with van der Waals surface area (Å²) in [7, 11) is 1.64. The smallest absolute Gasteiger partial charge is 0.251 e. The van der Waals surface area contributed by atoms with Crippen molar-refractivity contribution >= 4 is 11.9 Å².